The Balaban J connectivity index is 2.32. The van der Waals surface area contributed by atoms with Crippen molar-refractivity contribution in [2.75, 3.05) is 26.2 Å². The summed E-state index contributed by atoms with van der Waals surface area (Å²) in [5.74, 6) is -0.159. The molecule has 146 valence electrons. The Bertz CT molecular complexity index is 573. The number of likely N-dealkylation sites (N-methyl/N-ethyl adjacent to an activating group) is 1. The van der Waals surface area contributed by atoms with Gasteiger partial charge in [0.25, 0.3) is 0 Å². The van der Waals surface area contributed by atoms with Crippen LogP contribution in [-0.4, -0.2) is 49.3 Å². The fourth-order valence-corrected chi connectivity index (χ4v) is 2.13. The van der Waals surface area contributed by atoms with E-state index in [1.165, 1.54) is 0 Å². The third kappa shape index (κ3) is 8.70. The van der Waals surface area contributed by atoms with Crippen LogP contribution in [0.15, 0.2) is 24.3 Å². The largest absolute Gasteiger partial charge is 0.411 e. The highest BCUT2D eigenvalue weighted by Crippen LogP contribution is 2.15. The summed E-state index contributed by atoms with van der Waals surface area (Å²) < 4.78 is 40.6. The number of hydrogen-bond acceptors (Lipinski definition) is 3. The molecule has 0 aliphatic carbocycles. The molecule has 26 heavy (non-hydrogen) atoms. The van der Waals surface area contributed by atoms with E-state index in [9.17, 15) is 22.8 Å². The van der Waals surface area contributed by atoms with Crippen molar-refractivity contribution in [3.63, 3.8) is 0 Å². The highest BCUT2D eigenvalue weighted by Gasteiger charge is 2.27. The molecule has 0 aliphatic rings. The maximum atomic E-state index is 12.0. The zero-order valence-electron chi connectivity index (χ0n) is 14.9. The number of carbonyl (C=O) groups is 2. The molecule has 0 atom stereocenters. The fourth-order valence-electron chi connectivity index (χ4n) is 2.13. The topological polar surface area (TPSA) is 70.7 Å². The van der Waals surface area contributed by atoms with E-state index in [-0.39, 0.29) is 25.6 Å². The molecule has 1 aromatic rings. The molecule has 2 N–H and O–H groups in total. The smallest absolute Gasteiger partial charge is 0.367 e. The van der Waals surface area contributed by atoms with Gasteiger partial charge in [0.1, 0.15) is 6.61 Å². The molecule has 1 rings (SSSR count). The second-order valence-electron chi connectivity index (χ2n) is 5.53. The van der Waals surface area contributed by atoms with Crippen molar-refractivity contribution in [2.45, 2.75) is 33.2 Å². The monoisotopic (exact) mass is 375 g/mol. The van der Waals surface area contributed by atoms with Crippen LogP contribution in [0.25, 0.3) is 0 Å². The third-order valence-electron chi connectivity index (χ3n) is 3.53. The number of nitrogens with zero attached hydrogens (tertiary/aromatic N) is 1. The van der Waals surface area contributed by atoms with Crippen LogP contribution in [0.5, 0.6) is 0 Å². The molecule has 0 heterocycles. The van der Waals surface area contributed by atoms with Crippen molar-refractivity contribution in [3.05, 3.63) is 35.4 Å². The zero-order valence-corrected chi connectivity index (χ0v) is 14.9. The Kier molecular flexibility index (Phi) is 8.91. The van der Waals surface area contributed by atoms with Gasteiger partial charge in [0.2, 0.25) is 5.91 Å². The van der Waals surface area contributed by atoms with Gasteiger partial charge in [-0.2, -0.15) is 13.2 Å². The molecule has 0 fully saturated rings. The molecule has 3 amide bonds. The van der Waals surface area contributed by atoms with Crippen LogP contribution >= 0.6 is 0 Å². The molecule has 1 aromatic carbocycles. The molecule has 0 unspecified atom stereocenters. The average Bonchev–Trinajstić information content (AvgIpc) is 2.59. The van der Waals surface area contributed by atoms with E-state index in [1.807, 2.05) is 13.8 Å². The van der Waals surface area contributed by atoms with Crippen molar-refractivity contribution < 1.29 is 27.5 Å². The molecule has 0 aliphatic heterocycles. The van der Waals surface area contributed by atoms with E-state index in [0.29, 0.717) is 18.7 Å². The van der Waals surface area contributed by atoms with Gasteiger partial charge in [0, 0.05) is 19.6 Å². The van der Waals surface area contributed by atoms with Gasteiger partial charge in [-0.05, 0) is 25.0 Å². The summed E-state index contributed by atoms with van der Waals surface area (Å²) in [5.41, 5.74) is 1.38. The first-order valence-electron chi connectivity index (χ1n) is 8.27. The quantitative estimate of drug-likeness (QED) is 0.697. The Morgan fingerprint density at radius 2 is 1.62 bits per heavy atom. The number of nitrogens with one attached hydrogen (secondary N) is 2. The number of rotatable bonds is 9. The van der Waals surface area contributed by atoms with Gasteiger partial charge in [-0.15, -0.1) is 0 Å². The predicted octanol–water partition coefficient (Wildman–Crippen LogP) is 2.43. The van der Waals surface area contributed by atoms with Crippen LogP contribution in [0.3, 0.4) is 0 Å². The SMILES string of the molecule is CCN(CC)C(=O)CNC(=O)NCc1ccc(COCC(F)(F)F)cc1. The minimum atomic E-state index is -4.34. The van der Waals surface area contributed by atoms with Gasteiger partial charge >= 0.3 is 12.2 Å². The summed E-state index contributed by atoms with van der Waals surface area (Å²) in [4.78, 5) is 25.1. The van der Waals surface area contributed by atoms with Gasteiger partial charge in [-0.1, -0.05) is 24.3 Å². The Morgan fingerprint density at radius 1 is 1.04 bits per heavy atom. The van der Waals surface area contributed by atoms with Crippen LogP contribution in [-0.2, 0) is 22.7 Å². The Morgan fingerprint density at radius 3 is 2.15 bits per heavy atom. The number of benzene rings is 1. The Labute approximate surface area is 150 Å². The highest BCUT2D eigenvalue weighted by atomic mass is 19.4. The molecule has 0 bridgehead atoms. The fraction of sp³-hybridized carbons (Fsp3) is 0.529. The third-order valence-corrected chi connectivity index (χ3v) is 3.53. The van der Waals surface area contributed by atoms with Crippen LogP contribution in [0.2, 0.25) is 0 Å². The van der Waals surface area contributed by atoms with Gasteiger partial charge in [0.05, 0.1) is 13.2 Å². The first kappa shape index (κ1) is 21.8. The minimum Gasteiger partial charge on any atom is -0.367 e. The number of amides is 3. The van der Waals surface area contributed by atoms with Crippen molar-refractivity contribution in [1.82, 2.24) is 15.5 Å². The summed E-state index contributed by atoms with van der Waals surface area (Å²) in [6, 6.07) is 6.18. The molecular formula is C17H24F3N3O3. The predicted molar refractivity (Wildman–Crippen MR) is 90.3 cm³/mol. The van der Waals surface area contributed by atoms with Crippen LogP contribution in [0.1, 0.15) is 25.0 Å². The van der Waals surface area contributed by atoms with Crippen LogP contribution < -0.4 is 10.6 Å². The maximum Gasteiger partial charge on any atom is 0.411 e. The van der Waals surface area contributed by atoms with Crippen molar-refractivity contribution in [3.8, 4) is 0 Å². The van der Waals surface area contributed by atoms with Crippen LogP contribution in [0.4, 0.5) is 18.0 Å². The molecule has 0 saturated carbocycles. The van der Waals surface area contributed by atoms with Gasteiger partial charge in [-0.25, -0.2) is 4.79 Å². The standard InChI is InChI=1S/C17H24F3N3O3/c1-3-23(4-2)15(24)10-22-16(25)21-9-13-5-7-14(8-6-13)11-26-12-17(18,19)20/h5-8H,3-4,9-12H2,1-2H3,(H2,21,22,25). The van der Waals surface area contributed by atoms with Gasteiger partial charge < -0.3 is 20.3 Å². The molecule has 0 radical (unpaired) electrons. The number of hydrogen-bond donors (Lipinski definition) is 2. The number of halogens is 3. The lowest BCUT2D eigenvalue weighted by molar-refractivity contribution is -0.176. The molecule has 0 saturated heterocycles. The summed E-state index contributed by atoms with van der Waals surface area (Å²) >= 11 is 0. The lowest BCUT2D eigenvalue weighted by Gasteiger charge is -2.18. The number of carbonyl (C=O) groups excluding carboxylic acids is 2. The molecule has 6 nitrogen and oxygen atoms in total. The first-order valence-corrected chi connectivity index (χ1v) is 8.27. The number of ether oxygens (including phenoxy) is 1. The van der Waals surface area contributed by atoms with E-state index < -0.39 is 18.8 Å². The summed E-state index contributed by atoms with van der Waals surface area (Å²) in [5, 5.41) is 5.10. The lowest BCUT2D eigenvalue weighted by Crippen LogP contribution is -2.43. The van der Waals surface area contributed by atoms with Crippen LogP contribution in [0, 0.1) is 0 Å². The summed E-state index contributed by atoms with van der Waals surface area (Å²) in [7, 11) is 0. The second kappa shape index (κ2) is 10.6. The lowest BCUT2D eigenvalue weighted by atomic mass is 10.1. The number of alkyl halides is 3. The van der Waals surface area contributed by atoms with Gasteiger partial charge in [0.15, 0.2) is 0 Å². The summed E-state index contributed by atoms with van der Waals surface area (Å²) in [6.07, 6.45) is -4.34. The summed E-state index contributed by atoms with van der Waals surface area (Å²) in [6.45, 7) is 3.61. The van der Waals surface area contributed by atoms with Crippen molar-refractivity contribution in [2.24, 2.45) is 0 Å². The normalized spacial score (nSPS) is 11.1. The van der Waals surface area contributed by atoms with E-state index in [0.717, 1.165) is 5.56 Å². The van der Waals surface area contributed by atoms with E-state index in [1.54, 1.807) is 29.2 Å². The first-order chi connectivity index (χ1) is 12.2. The minimum absolute atomic E-state index is 0.0804. The molecule has 0 aromatic heterocycles. The highest BCUT2D eigenvalue weighted by molar-refractivity contribution is 5.83. The van der Waals surface area contributed by atoms with E-state index >= 15 is 0 Å². The zero-order chi connectivity index (χ0) is 19.6. The average molecular weight is 375 g/mol. The number of urea groups is 1. The van der Waals surface area contributed by atoms with Gasteiger partial charge in [-0.3, -0.25) is 4.79 Å². The molecular weight excluding hydrogens is 351 g/mol. The molecule has 0 spiro atoms. The Hall–Kier alpha value is -2.29. The van der Waals surface area contributed by atoms with E-state index in [4.69, 9.17) is 0 Å². The molecule has 9 heteroatoms. The van der Waals surface area contributed by atoms with Crippen molar-refractivity contribution in [1.29, 1.82) is 0 Å². The maximum absolute atomic E-state index is 12.0. The van der Waals surface area contributed by atoms with E-state index in [2.05, 4.69) is 15.4 Å². The van der Waals surface area contributed by atoms with Crippen molar-refractivity contribution >= 4 is 11.9 Å². The second-order valence-corrected chi connectivity index (χ2v) is 5.53.